The number of rotatable bonds is 1. The summed E-state index contributed by atoms with van der Waals surface area (Å²) in [6.07, 6.45) is 5.07. The topological polar surface area (TPSA) is 72.3 Å². The number of fused-ring (bicyclic) bond motifs is 1. The highest BCUT2D eigenvalue weighted by Gasteiger charge is 2.30. The molecule has 2 heterocycles. The quantitative estimate of drug-likeness (QED) is 0.805. The molecule has 0 saturated carbocycles. The van der Waals surface area contributed by atoms with Gasteiger partial charge in [-0.15, -0.1) is 0 Å². The zero-order valence-corrected chi connectivity index (χ0v) is 11.3. The molecule has 1 aliphatic rings. The van der Waals surface area contributed by atoms with Crippen LogP contribution in [0.1, 0.15) is 28.4 Å². The van der Waals surface area contributed by atoms with Gasteiger partial charge in [0, 0.05) is 29.9 Å². The molecule has 0 saturated heterocycles. The minimum atomic E-state index is -0.474. The Hall–Kier alpha value is -2.43. The van der Waals surface area contributed by atoms with Crippen LogP contribution in [0.3, 0.4) is 0 Å². The van der Waals surface area contributed by atoms with Gasteiger partial charge >= 0.3 is 5.97 Å². The van der Waals surface area contributed by atoms with Crippen LogP contribution < -0.4 is 0 Å². The fourth-order valence-corrected chi connectivity index (χ4v) is 2.56. The predicted octanol–water partition coefficient (Wildman–Crippen LogP) is 2.26. The summed E-state index contributed by atoms with van der Waals surface area (Å²) in [4.78, 5) is 19.9. The highest BCUT2D eigenvalue weighted by Crippen LogP contribution is 2.38. The Morgan fingerprint density at radius 2 is 2.05 bits per heavy atom. The fourth-order valence-electron chi connectivity index (χ4n) is 2.56. The lowest BCUT2D eigenvalue weighted by molar-refractivity contribution is 0.0296. The largest absolute Gasteiger partial charge is 0.506 e. The van der Waals surface area contributed by atoms with E-state index in [0.717, 1.165) is 11.1 Å². The van der Waals surface area contributed by atoms with Crippen molar-refractivity contribution in [3.8, 4) is 16.9 Å². The van der Waals surface area contributed by atoms with Gasteiger partial charge in [0.05, 0.1) is 0 Å². The molecule has 1 atom stereocenters. The number of benzene rings is 1. The van der Waals surface area contributed by atoms with E-state index in [1.807, 2.05) is 19.9 Å². The number of hydrogen-bond donors (Lipinski definition) is 1. The number of ether oxygens (including phenoxy) is 1. The first-order valence-corrected chi connectivity index (χ1v) is 6.39. The molecular weight excluding hydrogens is 256 g/mol. The molecule has 0 fully saturated rings. The Morgan fingerprint density at radius 3 is 2.75 bits per heavy atom. The maximum Gasteiger partial charge on any atom is 0.342 e. The first-order chi connectivity index (χ1) is 9.58. The Bertz CT molecular complexity index is 683. The van der Waals surface area contributed by atoms with E-state index in [-0.39, 0.29) is 17.4 Å². The van der Waals surface area contributed by atoms with E-state index in [0.29, 0.717) is 17.5 Å². The van der Waals surface area contributed by atoms with E-state index in [9.17, 15) is 9.90 Å². The second-order valence-corrected chi connectivity index (χ2v) is 4.99. The first kappa shape index (κ1) is 12.6. The van der Waals surface area contributed by atoms with Gasteiger partial charge in [0.25, 0.3) is 0 Å². The monoisotopic (exact) mass is 270 g/mol. The van der Waals surface area contributed by atoms with Gasteiger partial charge in [-0.3, -0.25) is 0 Å². The summed E-state index contributed by atoms with van der Waals surface area (Å²) in [5.74, 6) is -0.532. The van der Waals surface area contributed by atoms with Gasteiger partial charge < -0.3 is 9.84 Å². The minimum absolute atomic E-state index is 0.0581. The third-order valence-electron chi connectivity index (χ3n) is 3.51. The van der Waals surface area contributed by atoms with E-state index in [1.165, 1.54) is 6.33 Å². The fraction of sp³-hybridized carbons (Fsp3) is 0.267. The summed E-state index contributed by atoms with van der Waals surface area (Å²) in [7, 11) is 0. The van der Waals surface area contributed by atoms with Crippen molar-refractivity contribution in [1.29, 1.82) is 0 Å². The van der Waals surface area contributed by atoms with Crippen molar-refractivity contribution in [3.05, 3.63) is 41.5 Å². The first-order valence-electron chi connectivity index (χ1n) is 6.39. The molecule has 0 aliphatic carbocycles. The summed E-state index contributed by atoms with van der Waals surface area (Å²) < 4.78 is 5.21. The second-order valence-electron chi connectivity index (χ2n) is 4.99. The maximum absolute atomic E-state index is 12.0. The summed E-state index contributed by atoms with van der Waals surface area (Å²) in [5.41, 5.74) is 3.30. The number of esters is 1. The van der Waals surface area contributed by atoms with Crippen LogP contribution in [-0.2, 0) is 11.2 Å². The lowest BCUT2D eigenvalue weighted by atomic mass is 9.90. The molecule has 1 N–H and O–H groups in total. The molecule has 102 valence electrons. The number of carbonyl (C=O) groups is 1. The van der Waals surface area contributed by atoms with Gasteiger partial charge in [0.15, 0.2) is 0 Å². The van der Waals surface area contributed by atoms with Crippen LogP contribution in [-0.4, -0.2) is 27.1 Å². The number of nitrogens with zero attached hydrogens (tertiary/aromatic N) is 2. The molecule has 5 heteroatoms. The standard InChI is InChI=1S/C15H14N2O3/c1-8-3-12(10-5-16-7-17-6-10)14(18)13-11(8)4-9(2)20-15(13)19/h3,5-7,9,18H,4H2,1-2H3/t9-/m1/s1. The summed E-state index contributed by atoms with van der Waals surface area (Å²) >= 11 is 0. The van der Waals surface area contributed by atoms with Crippen LogP contribution in [0.2, 0.25) is 0 Å². The Morgan fingerprint density at radius 1 is 1.35 bits per heavy atom. The second kappa shape index (κ2) is 4.59. The van der Waals surface area contributed by atoms with E-state index < -0.39 is 5.97 Å². The zero-order valence-electron chi connectivity index (χ0n) is 11.3. The lowest BCUT2D eigenvalue weighted by Gasteiger charge is -2.25. The summed E-state index contributed by atoms with van der Waals surface area (Å²) in [5, 5.41) is 10.4. The molecule has 0 unspecified atom stereocenters. The van der Waals surface area contributed by atoms with Crippen LogP contribution in [0.4, 0.5) is 0 Å². The number of carbonyl (C=O) groups excluding carboxylic acids is 1. The maximum atomic E-state index is 12.0. The highest BCUT2D eigenvalue weighted by molar-refractivity contribution is 5.98. The molecule has 0 radical (unpaired) electrons. The van der Waals surface area contributed by atoms with Gasteiger partial charge in [-0.25, -0.2) is 14.8 Å². The number of hydrogen-bond acceptors (Lipinski definition) is 5. The van der Waals surface area contributed by atoms with Gasteiger partial charge in [-0.05, 0) is 31.0 Å². The van der Waals surface area contributed by atoms with E-state index in [4.69, 9.17) is 4.74 Å². The molecule has 1 aliphatic heterocycles. The van der Waals surface area contributed by atoms with Crippen LogP contribution >= 0.6 is 0 Å². The Balaban J connectivity index is 2.24. The molecule has 2 aromatic rings. The number of phenolic OH excluding ortho intramolecular Hbond substituents is 1. The molecule has 0 spiro atoms. The predicted molar refractivity (Wildman–Crippen MR) is 72.5 cm³/mol. The SMILES string of the molecule is Cc1cc(-c2cncnc2)c(O)c2c1C[C@@H](C)OC2=O. The van der Waals surface area contributed by atoms with Gasteiger partial charge in [0.2, 0.25) is 0 Å². The number of aryl methyl sites for hydroxylation is 1. The molecular formula is C15H14N2O3. The molecule has 0 bridgehead atoms. The van der Waals surface area contributed by atoms with Crippen molar-refractivity contribution in [2.45, 2.75) is 26.4 Å². The molecule has 20 heavy (non-hydrogen) atoms. The van der Waals surface area contributed by atoms with Crippen molar-refractivity contribution in [1.82, 2.24) is 9.97 Å². The average molecular weight is 270 g/mol. The van der Waals surface area contributed by atoms with E-state index >= 15 is 0 Å². The minimum Gasteiger partial charge on any atom is -0.506 e. The van der Waals surface area contributed by atoms with Gasteiger partial charge in [-0.2, -0.15) is 0 Å². The van der Waals surface area contributed by atoms with Crippen molar-refractivity contribution in [2.75, 3.05) is 0 Å². The highest BCUT2D eigenvalue weighted by atomic mass is 16.5. The number of aromatic hydroxyl groups is 1. The summed E-state index contributed by atoms with van der Waals surface area (Å²) in [6, 6.07) is 1.86. The molecule has 0 amide bonds. The molecule has 1 aromatic carbocycles. The van der Waals surface area contributed by atoms with Crippen LogP contribution in [0.25, 0.3) is 11.1 Å². The Labute approximate surface area is 116 Å². The van der Waals surface area contributed by atoms with Crippen molar-refractivity contribution >= 4 is 5.97 Å². The van der Waals surface area contributed by atoms with E-state index in [2.05, 4.69) is 9.97 Å². The van der Waals surface area contributed by atoms with Crippen molar-refractivity contribution < 1.29 is 14.6 Å². The smallest absolute Gasteiger partial charge is 0.342 e. The normalized spacial score (nSPS) is 17.5. The molecule has 1 aromatic heterocycles. The lowest BCUT2D eigenvalue weighted by Crippen LogP contribution is -2.26. The Kier molecular flexibility index (Phi) is 2.89. The third kappa shape index (κ3) is 1.91. The van der Waals surface area contributed by atoms with Gasteiger partial charge in [0.1, 0.15) is 23.7 Å². The average Bonchev–Trinajstić information content (AvgIpc) is 2.43. The van der Waals surface area contributed by atoms with Crippen molar-refractivity contribution in [2.24, 2.45) is 0 Å². The third-order valence-corrected chi connectivity index (χ3v) is 3.51. The number of aromatic nitrogens is 2. The van der Waals surface area contributed by atoms with Crippen LogP contribution in [0.5, 0.6) is 5.75 Å². The summed E-state index contributed by atoms with van der Waals surface area (Å²) in [6.45, 7) is 3.77. The molecule has 5 nitrogen and oxygen atoms in total. The van der Waals surface area contributed by atoms with Gasteiger partial charge in [-0.1, -0.05) is 0 Å². The van der Waals surface area contributed by atoms with E-state index in [1.54, 1.807) is 12.4 Å². The van der Waals surface area contributed by atoms with Crippen molar-refractivity contribution in [3.63, 3.8) is 0 Å². The van der Waals surface area contributed by atoms with Crippen LogP contribution in [0.15, 0.2) is 24.8 Å². The number of phenols is 1. The van der Waals surface area contributed by atoms with Crippen LogP contribution in [0, 0.1) is 6.92 Å². The zero-order chi connectivity index (χ0) is 14.3. The molecule has 3 rings (SSSR count). The number of cyclic esters (lactones) is 1.